The second kappa shape index (κ2) is 6.58. The normalized spacial score (nSPS) is 26.0. The fraction of sp³-hybridized carbons (Fsp3) is 0.381. The van der Waals surface area contributed by atoms with Gasteiger partial charge in [0.1, 0.15) is 17.7 Å². The van der Waals surface area contributed by atoms with Crippen LogP contribution in [-0.2, 0) is 9.53 Å². The quantitative estimate of drug-likeness (QED) is 0.715. The van der Waals surface area contributed by atoms with Crippen LogP contribution < -0.4 is 0 Å². The van der Waals surface area contributed by atoms with Crippen molar-refractivity contribution in [2.75, 3.05) is 0 Å². The van der Waals surface area contributed by atoms with Gasteiger partial charge in [-0.05, 0) is 66.3 Å². The molecule has 0 bridgehead atoms. The lowest BCUT2D eigenvalue weighted by atomic mass is 9.75. The third-order valence-corrected chi connectivity index (χ3v) is 5.53. The van der Waals surface area contributed by atoms with E-state index in [4.69, 9.17) is 4.74 Å². The molecule has 2 aromatic carbocycles. The van der Waals surface area contributed by atoms with E-state index in [9.17, 15) is 13.6 Å². The number of hydrogen-bond donors (Lipinski definition) is 0. The highest BCUT2D eigenvalue weighted by molar-refractivity contribution is 5.75. The zero-order chi connectivity index (χ0) is 17.4. The Morgan fingerprint density at radius 3 is 2.00 bits per heavy atom. The molecule has 4 rings (SSSR count). The highest BCUT2D eigenvalue weighted by Crippen LogP contribution is 2.40. The second-order valence-corrected chi connectivity index (χ2v) is 7.12. The number of benzene rings is 2. The van der Waals surface area contributed by atoms with E-state index in [1.807, 2.05) is 12.1 Å². The van der Waals surface area contributed by atoms with E-state index in [1.165, 1.54) is 17.7 Å². The molecule has 130 valence electrons. The molecule has 0 spiro atoms. The second-order valence-electron chi connectivity index (χ2n) is 7.12. The van der Waals surface area contributed by atoms with Crippen LogP contribution in [0.15, 0.2) is 42.5 Å². The van der Waals surface area contributed by atoms with Gasteiger partial charge in [0.15, 0.2) is 0 Å². The molecule has 1 aliphatic heterocycles. The minimum Gasteiger partial charge on any atom is -0.461 e. The third kappa shape index (κ3) is 3.44. The SMILES string of the molecule is O=C1CC(C2CCC(c3ccc(-c4cc(F)cc(F)c4)cc3)CC2)O1. The van der Waals surface area contributed by atoms with Crippen LogP contribution in [0.5, 0.6) is 0 Å². The minimum atomic E-state index is -0.561. The van der Waals surface area contributed by atoms with Crippen LogP contribution >= 0.6 is 0 Å². The Morgan fingerprint density at radius 2 is 1.44 bits per heavy atom. The Morgan fingerprint density at radius 1 is 0.840 bits per heavy atom. The number of cyclic esters (lactones) is 1. The highest BCUT2D eigenvalue weighted by Gasteiger charge is 2.37. The lowest BCUT2D eigenvalue weighted by Gasteiger charge is -2.37. The molecule has 0 aromatic heterocycles. The van der Waals surface area contributed by atoms with E-state index >= 15 is 0 Å². The van der Waals surface area contributed by atoms with Gasteiger partial charge in [0.25, 0.3) is 0 Å². The lowest BCUT2D eigenvalue weighted by molar-refractivity contribution is -0.176. The number of esters is 1. The summed E-state index contributed by atoms with van der Waals surface area (Å²) in [7, 11) is 0. The molecule has 1 unspecified atom stereocenters. The molecule has 2 aliphatic rings. The molecule has 4 heteroatoms. The largest absolute Gasteiger partial charge is 0.461 e. The molecule has 1 heterocycles. The Kier molecular flexibility index (Phi) is 4.28. The molecular formula is C21H20F2O2. The topological polar surface area (TPSA) is 26.3 Å². The highest BCUT2D eigenvalue weighted by atomic mass is 19.1. The van der Waals surface area contributed by atoms with E-state index in [-0.39, 0.29) is 12.1 Å². The summed E-state index contributed by atoms with van der Waals surface area (Å²) in [6, 6.07) is 11.6. The third-order valence-electron chi connectivity index (χ3n) is 5.53. The van der Waals surface area contributed by atoms with Gasteiger partial charge in [0, 0.05) is 6.07 Å². The van der Waals surface area contributed by atoms with Crippen molar-refractivity contribution in [2.45, 2.75) is 44.1 Å². The Labute approximate surface area is 145 Å². The van der Waals surface area contributed by atoms with Crippen LogP contribution in [-0.4, -0.2) is 12.1 Å². The van der Waals surface area contributed by atoms with Crippen molar-refractivity contribution >= 4 is 5.97 Å². The fourth-order valence-electron chi connectivity index (χ4n) is 4.08. The van der Waals surface area contributed by atoms with Gasteiger partial charge in [-0.2, -0.15) is 0 Å². The maximum Gasteiger partial charge on any atom is 0.309 e. The standard InChI is InChI=1S/C21H20F2O2/c22-18-9-17(10-19(23)11-18)15-3-1-13(2-4-15)14-5-7-16(8-6-14)20-12-21(24)25-20/h1-4,9-11,14,16,20H,5-8,12H2. The smallest absolute Gasteiger partial charge is 0.309 e. The van der Waals surface area contributed by atoms with E-state index in [0.29, 0.717) is 23.8 Å². The van der Waals surface area contributed by atoms with Gasteiger partial charge < -0.3 is 4.74 Å². The zero-order valence-corrected chi connectivity index (χ0v) is 13.9. The summed E-state index contributed by atoms with van der Waals surface area (Å²) in [6.07, 6.45) is 5.06. The van der Waals surface area contributed by atoms with Crippen molar-refractivity contribution in [3.05, 3.63) is 59.7 Å². The predicted molar refractivity (Wildman–Crippen MR) is 91.0 cm³/mol. The molecule has 2 fully saturated rings. The van der Waals surface area contributed by atoms with E-state index in [2.05, 4.69) is 12.1 Å². The van der Waals surface area contributed by atoms with Crippen LogP contribution in [0, 0.1) is 17.6 Å². The zero-order valence-electron chi connectivity index (χ0n) is 13.9. The van der Waals surface area contributed by atoms with Gasteiger partial charge in [-0.3, -0.25) is 4.79 Å². The number of carbonyl (C=O) groups is 1. The summed E-state index contributed by atoms with van der Waals surface area (Å²) in [4.78, 5) is 11.0. The van der Waals surface area contributed by atoms with E-state index < -0.39 is 11.6 Å². The van der Waals surface area contributed by atoms with E-state index in [0.717, 1.165) is 37.3 Å². The minimum absolute atomic E-state index is 0.0727. The van der Waals surface area contributed by atoms with Gasteiger partial charge in [-0.15, -0.1) is 0 Å². The maximum absolute atomic E-state index is 13.4. The predicted octanol–water partition coefficient (Wildman–Crippen LogP) is 5.22. The molecule has 1 aliphatic carbocycles. The molecular weight excluding hydrogens is 322 g/mol. The van der Waals surface area contributed by atoms with Gasteiger partial charge in [0.05, 0.1) is 6.42 Å². The molecule has 0 amide bonds. The van der Waals surface area contributed by atoms with Crippen LogP contribution in [0.3, 0.4) is 0 Å². The number of carbonyl (C=O) groups excluding carboxylic acids is 1. The van der Waals surface area contributed by atoms with Crippen molar-refractivity contribution in [3.8, 4) is 11.1 Å². The van der Waals surface area contributed by atoms with E-state index in [1.54, 1.807) is 0 Å². The molecule has 0 radical (unpaired) electrons. The van der Waals surface area contributed by atoms with Gasteiger partial charge in [-0.25, -0.2) is 8.78 Å². The lowest BCUT2D eigenvalue weighted by Crippen LogP contribution is -2.40. The first kappa shape index (κ1) is 16.2. The maximum atomic E-state index is 13.4. The fourth-order valence-corrected chi connectivity index (χ4v) is 4.08. The molecule has 1 saturated heterocycles. The average molecular weight is 342 g/mol. The van der Waals surface area contributed by atoms with Gasteiger partial charge in [0.2, 0.25) is 0 Å². The van der Waals surface area contributed by atoms with Crippen molar-refractivity contribution in [3.63, 3.8) is 0 Å². The van der Waals surface area contributed by atoms with Crippen LogP contribution in [0.2, 0.25) is 0 Å². The van der Waals surface area contributed by atoms with Crippen molar-refractivity contribution in [2.24, 2.45) is 5.92 Å². The summed E-state index contributed by atoms with van der Waals surface area (Å²) in [5.74, 6) is -0.187. The number of hydrogen-bond acceptors (Lipinski definition) is 2. The van der Waals surface area contributed by atoms with Crippen molar-refractivity contribution < 1.29 is 18.3 Å². The molecule has 0 N–H and O–H groups in total. The first-order valence-corrected chi connectivity index (χ1v) is 8.84. The Hall–Kier alpha value is -2.23. The van der Waals surface area contributed by atoms with Crippen molar-refractivity contribution in [1.82, 2.24) is 0 Å². The number of ether oxygens (including phenoxy) is 1. The van der Waals surface area contributed by atoms with Crippen LogP contribution in [0.1, 0.15) is 43.6 Å². The summed E-state index contributed by atoms with van der Waals surface area (Å²) < 4.78 is 31.9. The molecule has 25 heavy (non-hydrogen) atoms. The first-order chi connectivity index (χ1) is 12.1. The van der Waals surface area contributed by atoms with Crippen LogP contribution in [0.4, 0.5) is 8.78 Å². The van der Waals surface area contributed by atoms with Gasteiger partial charge in [-0.1, -0.05) is 24.3 Å². The number of halogens is 2. The summed E-state index contributed by atoms with van der Waals surface area (Å²) in [6.45, 7) is 0. The molecule has 2 nitrogen and oxygen atoms in total. The molecule has 1 saturated carbocycles. The Bertz CT molecular complexity index is 749. The summed E-state index contributed by atoms with van der Waals surface area (Å²) in [5.41, 5.74) is 2.64. The Balaban J connectivity index is 1.41. The molecule has 2 aromatic rings. The first-order valence-electron chi connectivity index (χ1n) is 8.84. The van der Waals surface area contributed by atoms with Gasteiger partial charge >= 0.3 is 5.97 Å². The average Bonchev–Trinajstić information content (AvgIpc) is 2.59. The monoisotopic (exact) mass is 342 g/mol. The van der Waals surface area contributed by atoms with Crippen LogP contribution in [0.25, 0.3) is 11.1 Å². The van der Waals surface area contributed by atoms with Crippen molar-refractivity contribution in [1.29, 1.82) is 0 Å². The molecule has 1 atom stereocenters. The number of rotatable bonds is 3. The summed E-state index contributed by atoms with van der Waals surface area (Å²) >= 11 is 0. The summed E-state index contributed by atoms with van der Waals surface area (Å²) in [5, 5.41) is 0.